The summed E-state index contributed by atoms with van der Waals surface area (Å²) in [5, 5.41) is 13.6. The van der Waals surface area contributed by atoms with E-state index in [-0.39, 0.29) is 47.5 Å². The second-order valence-corrected chi connectivity index (χ2v) is 8.53. The van der Waals surface area contributed by atoms with Gasteiger partial charge in [0.2, 0.25) is 5.78 Å². The number of pyridine rings is 1. The number of carbonyl (C=O) groups is 3. The Bertz CT molecular complexity index is 1310. The first-order chi connectivity index (χ1) is 14.8. The summed E-state index contributed by atoms with van der Waals surface area (Å²) in [4.78, 5) is 52.3. The number of aliphatic hydroxyl groups is 1. The maximum absolute atomic E-state index is 13.3. The molecule has 1 amide bonds. The predicted molar refractivity (Wildman–Crippen MR) is 113 cm³/mol. The van der Waals surface area contributed by atoms with Gasteiger partial charge in [-0.3, -0.25) is 14.4 Å². The van der Waals surface area contributed by atoms with Crippen molar-refractivity contribution in [2.75, 3.05) is 11.6 Å². The molecule has 0 fully saturated rings. The lowest BCUT2D eigenvalue weighted by molar-refractivity contribution is -0.172. The van der Waals surface area contributed by atoms with Gasteiger partial charge in [0.1, 0.15) is 6.61 Å². The molecule has 8 nitrogen and oxygen atoms in total. The van der Waals surface area contributed by atoms with Crippen molar-refractivity contribution in [1.29, 1.82) is 0 Å². The number of fused-ring (bicyclic) bond motifs is 3. The molecule has 0 saturated heterocycles. The van der Waals surface area contributed by atoms with Gasteiger partial charge in [-0.05, 0) is 30.9 Å². The summed E-state index contributed by atoms with van der Waals surface area (Å²) in [6.45, 7) is 1.26. The summed E-state index contributed by atoms with van der Waals surface area (Å²) < 4.78 is 6.30. The van der Waals surface area contributed by atoms with Crippen LogP contribution in [0.15, 0.2) is 39.5 Å². The first-order valence-corrected chi connectivity index (χ1v) is 11.0. The van der Waals surface area contributed by atoms with Crippen molar-refractivity contribution in [2.24, 2.45) is 0 Å². The van der Waals surface area contributed by atoms with Gasteiger partial charge in [0.15, 0.2) is 5.60 Å². The lowest BCUT2D eigenvalue weighted by atomic mass is 9.86. The molecule has 9 heteroatoms. The zero-order chi connectivity index (χ0) is 22.1. The van der Waals surface area contributed by atoms with E-state index in [4.69, 9.17) is 4.74 Å². The molecule has 0 saturated carbocycles. The van der Waals surface area contributed by atoms with Crippen LogP contribution in [-0.4, -0.2) is 33.6 Å². The van der Waals surface area contributed by atoms with E-state index in [0.717, 1.165) is 4.90 Å². The highest BCUT2D eigenvalue weighted by atomic mass is 32.2. The zero-order valence-electron chi connectivity index (χ0n) is 16.8. The fraction of sp³-hybridized carbons (Fsp3) is 0.273. The maximum Gasteiger partial charge on any atom is 0.343 e. The van der Waals surface area contributed by atoms with Crippen LogP contribution in [0.2, 0.25) is 0 Å². The molecule has 31 heavy (non-hydrogen) atoms. The van der Waals surface area contributed by atoms with Crippen LogP contribution in [0.1, 0.15) is 40.5 Å². The molecular formula is C22H18N2O6S. The molecule has 0 aliphatic carbocycles. The van der Waals surface area contributed by atoms with Crippen molar-refractivity contribution in [1.82, 2.24) is 4.57 Å². The summed E-state index contributed by atoms with van der Waals surface area (Å²) in [6.07, 6.45) is 1.92. The summed E-state index contributed by atoms with van der Waals surface area (Å²) in [7, 11) is 0. The number of nitrogens with one attached hydrogen (secondary N) is 1. The Kier molecular flexibility index (Phi) is 4.25. The number of esters is 1. The predicted octanol–water partition coefficient (Wildman–Crippen LogP) is 1.83. The lowest BCUT2D eigenvalue weighted by Crippen LogP contribution is -2.44. The van der Waals surface area contributed by atoms with Gasteiger partial charge in [0.05, 0.1) is 29.1 Å². The van der Waals surface area contributed by atoms with E-state index >= 15 is 0 Å². The summed E-state index contributed by atoms with van der Waals surface area (Å²) in [5.74, 6) is -1.71. The van der Waals surface area contributed by atoms with E-state index < -0.39 is 28.8 Å². The minimum atomic E-state index is -1.98. The third-order valence-electron chi connectivity index (χ3n) is 6.14. The minimum absolute atomic E-state index is 0.00256. The molecule has 3 aliphatic rings. The second-order valence-electron chi connectivity index (χ2n) is 7.65. The third-order valence-corrected chi connectivity index (χ3v) is 6.86. The molecule has 0 bridgehead atoms. The van der Waals surface area contributed by atoms with Crippen molar-refractivity contribution >= 4 is 40.7 Å². The molecule has 2 aromatic rings. The Morgan fingerprint density at radius 1 is 1.23 bits per heavy atom. The van der Waals surface area contributed by atoms with Gasteiger partial charge < -0.3 is 19.7 Å². The molecule has 1 aromatic heterocycles. The highest BCUT2D eigenvalue weighted by Gasteiger charge is 2.46. The Labute approximate surface area is 180 Å². The summed E-state index contributed by atoms with van der Waals surface area (Å²) in [5.41, 5.74) is -0.511. The molecule has 4 heterocycles. The van der Waals surface area contributed by atoms with Crippen LogP contribution in [0.5, 0.6) is 0 Å². The third kappa shape index (κ3) is 2.60. The number of Topliss-reactive ketones (excluding diaryl/α,β-unsaturated/α-hetero) is 1. The average molecular weight is 438 g/mol. The fourth-order valence-corrected chi connectivity index (χ4v) is 4.84. The number of ether oxygens (including phenoxy) is 1. The molecule has 0 spiro atoms. The van der Waals surface area contributed by atoms with Crippen LogP contribution >= 0.6 is 11.8 Å². The number of aromatic nitrogens is 1. The smallest absolute Gasteiger partial charge is 0.343 e. The number of ketones is 1. The van der Waals surface area contributed by atoms with Crippen molar-refractivity contribution in [3.05, 3.63) is 62.6 Å². The van der Waals surface area contributed by atoms with Gasteiger partial charge >= 0.3 is 5.97 Å². The van der Waals surface area contributed by atoms with Crippen LogP contribution in [-0.2, 0) is 33.1 Å². The Morgan fingerprint density at radius 3 is 2.71 bits per heavy atom. The number of rotatable bonds is 2. The van der Waals surface area contributed by atoms with Crippen LogP contribution in [0.3, 0.4) is 0 Å². The number of carbonyl (C=O) groups excluding carboxylic acids is 3. The monoisotopic (exact) mass is 438 g/mol. The minimum Gasteiger partial charge on any atom is -0.458 e. The van der Waals surface area contributed by atoms with Crippen LogP contribution < -0.4 is 10.9 Å². The Morgan fingerprint density at radius 2 is 2.00 bits per heavy atom. The number of amides is 1. The largest absolute Gasteiger partial charge is 0.458 e. The van der Waals surface area contributed by atoms with Crippen LogP contribution in [0.25, 0.3) is 5.57 Å². The average Bonchev–Trinajstić information content (AvgIpc) is 3.26. The topological polar surface area (TPSA) is 115 Å². The number of anilines is 1. The van der Waals surface area contributed by atoms with Crippen LogP contribution in [0.4, 0.5) is 5.69 Å². The first kappa shape index (κ1) is 19.8. The van der Waals surface area contributed by atoms with Crippen LogP contribution in [0, 0.1) is 0 Å². The van der Waals surface area contributed by atoms with E-state index in [9.17, 15) is 24.3 Å². The fourth-order valence-electron chi connectivity index (χ4n) is 4.40. The van der Waals surface area contributed by atoms with Gasteiger partial charge in [0.25, 0.3) is 11.5 Å². The highest BCUT2D eigenvalue weighted by molar-refractivity contribution is 7.98. The number of cyclic esters (lactones) is 1. The van der Waals surface area contributed by atoms with Gasteiger partial charge in [-0.15, -0.1) is 11.8 Å². The quantitative estimate of drug-likeness (QED) is 0.418. The molecule has 158 valence electrons. The normalized spacial score (nSPS) is 23.9. The molecule has 5 rings (SSSR count). The zero-order valence-corrected chi connectivity index (χ0v) is 17.6. The van der Waals surface area contributed by atoms with Gasteiger partial charge in [-0.25, -0.2) is 4.79 Å². The molecule has 3 aliphatic heterocycles. The maximum atomic E-state index is 13.3. The number of benzene rings is 1. The van der Waals surface area contributed by atoms with E-state index in [0.29, 0.717) is 11.3 Å². The lowest BCUT2D eigenvalue weighted by Gasteiger charge is -2.31. The van der Waals surface area contributed by atoms with Gasteiger partial charge in [-0.1, -0.05) is 13.0 Å². The molecule has 1 aromatic carbocycles. The molecule has 0 radical (unpaired) electrons. The van der Waals surface area contributed by atoms with Gasteiger partial charge in [-0.2, -0.15) is 0 Å². The van der Waals surface area contributed by atoms with E-state index in [1.165, 1.54) is 22.4 Å². The molecular weight excluding hydrogens is 420 g/mol. The summed E-state index contributed by atoms with van der Waals surface area (Å²) >= 11 is 1.54. The van der Waals surface area contributed by atoms with Crippen molar-refractivity contribution in [3.8, 4) is 0 Å². The van der Waals surface area contributed by atoms with E-state index in [1.807, 2.05) is 18.4 Å². The van der Waals surface area contributed by atoms with Crippen molar-refractivity contribution < 1.29 is 24.2 Å². The number of thioether (sulfide) groups is 1. The Hall–Kier alpha value is -3.17. The van der Waals surface area contributed by atoms with E-state index in [2.05, 4.69) is 5.32 Å². The van der Waals surface area contributed by atoms with E-state index in [1.54, 1.807) is 13.0 Å². The number of nitrogens with zero attached hydrogens (tertiary/aromatic N) is 1. The Balaban J connectivity index is 1.69. The van der Waals surface area contributed by atoms with Gasteiger partial charge in [0, 0.05) is 21.6 Å². The van der Waals surface area contributed by atoms with Crippen molar-refractivity contribution in [2.45, 2.75) is 37.0 Å². The SMILES string of the molecule is CC[C@]1(O)C(=O)OCc2c1cc1n(c2=O)C/C(=C2\C(=O)Nc3cc(SC)ccc32)C1=O. The number of hydrogen-bond donors (Lipinski definition) is 2. The van der Waals surface area contributed by atoms with Crippen molar-refractivity contribution in [3.63, 3.8) is 0 Å². The highest BCUT2D eigenvalue weighted by Crippen LogP contribution is 2.40. The second kappa shape index (κ2) is 6.66. The molecule has 2 N–H and O–H groups in total. The first-order valence-electron chi connectivity index (χ1n) is 9.74. The summed E-state index contributed by atoms with van der Waals surface area (Å²) in [6, 6.07) is 6.88. The number of allylic oxidation sites excluding steroid dienone is 1. The molecule has 0 unspecified atom stereocenters. The number of hydrogen-bond acceptors (Lipinski definition) is 7. The molecule has 1 atom stereocenters. The standard InChI is InChI=1S/C22H18N2O6S/c1-3-22(29)14-7-16-18(25)12(8-24(16)20(27)13(14)9-30-21(22)28)17-11-5-4-10(31-2)6-15(11)23-19(17)26/h4-7,29H,3,8-9H2,1-2H3,(H,23,26)/b17-12+/t22-/m1/s1.